The molecule has 17 heavy (non-hydrogen) atoms. The van der Waals surface area contributed by atoms with Gasteiger partial charge in [0.1, 0.15) is 5.82 Å². The van der Waals surface area contributed by atoms with E-state index in [4.69, 9.17) is 23.2 Å². The van der Waals surface area contributed by atoms with Gasteiger partial charge in [0.25, 0.3) is 0 Å². The van der Waals surface area contributed by atoms with E-state index in [0.717, 1.165) is 25.2 Å². The molecule has 0 amide bonds. The second kappa shape index (κ2) is 5.23. The van der Waals surface area contributed by atoms with Crippen LogP contribution in [-0.4, -0.2) is 18.3 Å². The Labute approximate surface area is 109 Å². The van der Waals surface area contributed by atoms with Crippen molar-refractivity contribution < 1.29 is 9.18 Å². The molecule has 2 rings (SSSR count). The largest absolute Gasteiger partial charge is 0.371 e. The summed E-state index contributed by atoms with van der Waals surface area (Å²) in [7, 11) is 0. The molecule has 0 bridgehead atoms. The molecule has 5 heteroatoms. The number of halogens is 3. The molecule has 1 heterocycles. The van der Waals surface area contributed by atoms with Crippen LogP contribution in [0.15, 0.2) is 18.2 Å². The van der Waals surface area contributed by atoms with Crippen LogP contribution in [0.25, 0.3) is 0 Å². The Morgan fingerprint density at radius 3 is 2.94 bits per heavy atom. The number of hydrogen-bond donors (Lipinski definition) is 0. The third-order valence-electron chi connectivity index (χ3n) is 3.00. The highest BCUT2D eigenvalue weighted by molar-refractivity contribution is 6.63. The maximum Gasteiger partial charge on any atom is 0.221 e. The molecule has 2 nitrogen and oxygen atoms in total. The lowest BCUT2D eigenvalue weighted by Crippen LogP contribution is -2.20. The van der Waals surface area contributed by atoms with Gasteiger partial charge in [-0.3, -0.25) is 4.79 Å². The zero-order valence-corrected chi connectivity index (χ0v) is 10.6. The van der Waals surface area contributed by atoms with Gasteiger partial charge in [-0.2, -0.15) is 0 Å². The second-order valence-electron chi connectivity index (χ2n) is 4.26. The fourth-order valence-electron chi connectivity index (χ4n) is 2.14. The molecule has 0 saturated carbocycles. The number of carbonyl (C=O) groups is 1. The Bertz CT molecular complexity index is 439. The zero-order valence-electron chi connectivity index (χ0n) is 9.13. The number of hydrogen-bond acceptors (Lipinski definition) is 2. The van der Waals surface area contributed by atoms with Crippen LogP contribution in [0.4, 0.5) is 10.1 Å². The number of anilines is 1. The Morgan fingerprint density at radius 1 is 1.53 bits per heavy atom. The lowest BCUT2D eigenvalue weighted by molar-refractivity contribution is -0.112. The van der Waals surface area contributed by atoms with Crippen LogP contribution in [-0.2, 0) is 4.79 Å². The summed E-state index contributed by atoms with van der Waals surface area (Å²) in [6.07, 6.45) is 1.29. The fraction of sp³-hybridized carbons (Fsp3) is 0.417. The van der Waals surface area contributed by atoms with Crippen LogP contribution in [0, 0.1) is 11.7 Å². The molecule has 1 unspecified atom stereocenters. The van der Waals surface area contributed by atoms with E-state index in [9.17, 15) is 9.18 Å². The second-order valence-corrected chi connectivity index (χ2v) is 5.09. The number of carbonyl (C=O) groups excluding carboxylic acids is 1. The summed E-state index contributed by atoms with van der Waals surface area (Å²) < 4.78 is 13.3. The molecule has 1 atom stereocenters. The smallest absolute Gasteiger partial charge is 0.221 e. The predicted molar refractivity (Wildman–Crippen MR) is 67.2 cm³/mol. The van der Waals surface area contributed by atoms with Crippen LogP contribution in [0.3, 0.4) is 0 Å². The van der Waals surface area contributed by atoms with Crippen molar-refractivity contribution in [1.82, 2.24) is 0 Å². The predicted octanol–water partition coefficient (Wildman–Crippen LogP) is 3.46. The standard InChI is InChI=1S/C12H12Cl2FNO/c13-10-2-1-9(6-11(10)15)16-4-3-8(7-16)5-12(14)17/h1-2,6,8H,3-5,7H2. The number of benzene rings is 1. The maximum absolute atomic E-state index is 13.3. The SMILES string of the molecule is O=C(Cl)CC1CCN(c2ccc(Cl)c(F)c2)C1. The van der Waals surface area contributed by atoms with E-state index in [-0.39, 0.29) is 16.2 Å². The lowest BCUT2D eigenvalue weighted by Gasteiger charge is -2.18. The van der Waals surface area contributed by atoms with E-state index in [1.807, 2.05) is 4.90 Å². The van der Waals surface area contributed by atoms with Crippen molar-refractivity contribution in [2.75, 3.05) is 18.0 Å². The summed E-state index contributed by atoms with van der Waals surface area (Å²) in [6.45, 7) is 1.55. The summed E-state index contributed by atoms with van der Waals surface area (Å²) in [5.74, 6) is -0.153. The van der Waals surface area contributed by atoms with Crippen LogP contribution in [0.5, 0.6) is 0 Å². The molecular formula is C12H12Cl2FNO. The van der Waals surface area contributed by atoms with Gasteiger partial charge in [0.2, 0.25) is 5.24 Å². The Balaban J connectivity index is 2.04. The minimum Gasteiger partial charge on any atom is -0.371 e. The lowest BCUT2D eigenvalue weighted by atomic mass is 10.1. The van der Waals surface area contributed by atoms with E-state index in [1.165, 1.54) is 6.07 Å². The van der Waals surface area contributed by atoms with Crippen molar-refractivity contribution in [1.29, 1.82) is 0 Å². The topological polar surface area (TPSA) is 20.3 Å². The van der Waals surface area contributed by atoms with Crippen molar-refractivity contribution in [3.05, 3.63) is 29.0 Å². The highest BCUT2D eigenvalue weighted by atomic mass is 35.5. The van der Waals surface area contributed by atoms with Gasteiger partial charge in [0, 0.05) is 25.2 Å². The molecule has 0 N–H and O–H groups in total. The third kappa shape index (κ3) is 3.11. The Morgan fingerprint density at radius 2 is 2.29 bits per heavy atom. The van der Waals surface area contributed by atoms with Crippen molar-refractivity contribution in [2.45, 2.75) is 12.8 Å². The van der Waals surface area contributed by atoms with Gasteiger partial charge in [-0.15, -0.1) is 0 Å². The summed E-state index contributed by atoms with van der Waals surface area (Å²) >= 11 is 11.0. The molecule has 92 valence electrons. The van der Waals surface area contributed by atoms with Gasteiger partial charge in [-0.25, -0.2) is 4.39 Å². The summed E-state index contributed by atoms with van der Waals surface area (Å²) in [6, 6.07) is 4.76. The monoisotopic (exact) mass is 275 g/mol. The first-order valence-corrected chi connectivity index (χ1v) is 6.20. The van der Waals surface area contributed by atoms with E-state index < -0.39 is 5.82 Å². The highest BCUT2D eigenvalue weighted by Crippen LogP contribution is 2.28. The van der Waals surface area contributed by atoms with Crippen LogP contribution in [0.1, 0.15) is 12.8 Å². The van der Waals surface area contributed by atoms with Crippen LogP contribution < -0.4 is 4.90 Å². The molecule has 1 aromatic carbocycles. The molecule has 1 fully saturated rings. The van der Waals surface area contributed by atoms with E-state index >= 15 is 0 Å². The maximum atomic E-state index is 13.3. The molecule has 0 aliphatic carbocycles. The van der Waals surface area contributed by atoms with Gasteiger partial charge in [-0.1, -0.05) is 11.6 Å². The summed E-state index contributed by atoms with van der Waals surface area (Å²) in [4.78, 5) is 12.9. The number of nitrogens with zero attached hydrogens (tertiary/aromatic N) is 1. The fourth-order valence-corrected chi connectivity index (χ4v) is 2.48. The quantitative estimate of drug-likeness (QED) is 0.788. The van der Waals surface area contributed by atoms with Crippen molar-refractivity contribution >= 4 is 34.1 Å². The molecule has 0 aromatic heterocycles. The first-order chi connectivity index (χ1) is 8.06. The minimum atomic E-state index is -0.416. The molecular weight excluding hydrogens is 264 g/mol. The van der Waals surface area contributed by atoms with E-state index in [0.29, 0.717) is 6.42 Å². The van der Waals surface area contributed by atoms with Crippen molar-refractivity contribution in [3.8, 4) is 0 Å². The van der Waals surface area contributed by atoms with Gasteiger partial charge in [0.15, 0.2) is 0 Å². The first kappa shape index (κ1) is 12.7. The average Bonchev–Trinajstić information content (AvgIpc) is 2.69. The Hall–Kier alpha value is -0.800. The zero-order chi connectivity index (χ0) is 12.4. The third-order valence-corrected chi connectivity index (χ3v) is 3.46. The Kier molecular flexibility index (Phi) is 3.89. The van der Waals surface area contributed by atoms with E-state index in [1.54, 1.807) is 12.1 Å². The van der Waals surface area contributed by atoms with Gasteiger partial charge >= 0.3 is 0 Å². The van der Waals surface area contributed by atoms with Gasteiger partial charge in [-0.05, 0) is 42.1 Å². The average molecular weight is 276 g/mol. The van der Waals surface area contributed by atoms with Crippen molar-refractivity contribution in [3.63, 3.8) is 0 Å². The van der Waals surface area contributed by atoms with Crippen LogP contribution in [0.2, 0.25) is 5.02 Å². The normalized spacial score (nSPS) is 19.7. The van der Waals surface area contributed by atoms with Crippen molar-refractivity contribution in [2.24, 2.45) is 5.92 Å². The van der Waals surface area contributed by atoms with E-state index in [2.05, 4.69) is 0 Å². The first-order valence-electron chi connectivity index (χ1n) is 5.44. The molecule has 1 aromatic rings. The molecule has 0 radical (unpaired) electrons. The molecule has 1 aliphatic heterocycles. The van der Waals surface area contributed by atoms with Gasteiger partial charge in [0.05, 0.1) is 5.02 Å². The summed E-state index contributed by atoms with van der Waals surface area (Å²) in [5.41, 5.74) is 0.802. The minimum absolute atomic E-state index is 0.125. The molecule has 1 aliphatic rings. The summed E-state index contributed by atoms with van der Waals surface area (Å²) in [5, 5.41) is -0.181. The highest BCUT2D eigenvalue weighted by Gasteiger charge is 2.24. The molecule has 0 spiro atoms. The van der Waals surface area contributed by atoms with Gasteiger partial charge < -0.3 is 4.90 Å². The number of rotatable bonds is 3. The van der Waals surface area contributed by atoms with Crippen LogP contribution >= 0.6 is 23.2 Å². The molecule has 1 saturated heterocycles.